The van der Waals surface area contributed by atoms with Crippen molar-refractivity contribution in [3.63, 3.8) is 0 Å². The first-order valence-corrected chi connectivity index (χ1v) is 14.3. The number of hydrogen-bond donors (Lipinski definition) is 1. The average molecular weight is 565 g/mol. The van der Waals surface area contributed by atoms with Crippen LogP contribution < -0.4 is 10.2 Å². The summed E-state index contributed by atoms with van der Waals surface area (Å²) in [5.41, 5.74) is 2.00. The number of pyridine rings is 1. The number of fused-ring (bicyclic) bond motifs is 1. The zero-order valence-electron chi connectivity index (χ0n) is 21.7. The van der Waals surface area contributed by atoms with Crippen molar-refractivity contribution in [2.75, 3.05) is 44.3 Å². The second kappa shape index (κ2) is 12.7. The van der Waals surface area contributed by atoms with Crippen LogP contribution in [0.3, 0.4) is 0 Å². The number of amides is 1. The number of aromatic nitrogens is 2. The highest BCUT2D eigenvalue weighted by molar-refractivity contribution is 7.18. The van der Waals surface area contributed by atoms with Crippen LogP contribution in [0.5, 0.6) is 0 Å². The molecule has 1 aliphatic heterocycles. The molecule has 200 valence electrons. The minimum absolute atomic E-state index is 0.0152. The molecule has 1 amide bonds. The Morgan fingerprint density at radius 1 is 1.14 bits per heavy atom. The minimum atomic E-state index is -0.0152. The molecule has 1 N–H and O–H groups in total. The van der Waals surface area contributed by atoms with Crippen LogP contribution in [-0.2, 0) is 22.5 Å². The number of halogens is 2. The van der Waals surface area contributed by atoms with Crippen LogP contribution in [0.4, 0.5) is 5.82 Å². The molecule has 1 aromatic carbocycles. The van der Waals surface area contributed by atoms with Gasteiger partial charge in [0, 0.05) is 51.1 Å². The van der Waals surface area contributed by atoms with E-state index in [-0.39, 0.29) is 11.4 Å². The van der Waals surface area contributed by atoms with Crippen molar-refractivity contribution in [2.24, 2.45) is 0 Å². The first kappa shape index (κ1) is 28.0. The zero-order chi connectivity index (χ0) is 26.4. The number of anilines is 1. The van der Waals surface area contributed by atoms with Gasteiger partial charge < -0.3 is 15.0 Å². The number of thiazole rings is 1. The Hall–Kier alpha value is -1.97. The smallest absolute Gasteiger partial charge is 0.220 e. The van der Waals surface area contributed by atoms with Gasteiger partial charge in [-0.25, -0.2) is 9.97 Å². The van der Waals surface area contributed by atoms with E-state index in [1.807, 2.05) is 30.3 Å². The molecule has 3 heterocycles. The number of rotatable bonds is 10. The van der Waals surface area contributed by atoms with Crippen molar-refractivity contribution in [1.29, 1.82) is 0 Å². The highest BCUT2D eigenvalue weighted by atomic mass is 35.5. The molecule has 0 unspecified atom stereocenters. The Labute approximate surface area is 233 Å². The van der Waals surface area contributed by atoms with Gasteiger partial charge in [0.25, 0.3) is 0 Å². The maximum Gasteiger partial charge on any atom is 0.220 e. The summed E-state index contributed by atoms with van der Waals surface area (Å²) < 4.78 is 5.43. The Morgan fingerprint density at radius 2 is 1.92 bits per heavy atom. The summed E-state index contributed by atoms with van der Waals surface area (Å²) in [4.78, 5) is 27.5. The lowest BCUT2D eigenvalue weighted by atomic mass is 10.0. The minimum Gasteiger partial charge on any atom is -0.378 e. The number of morpholine rings is 1. The summed E-state index contributed by atoms with van der Waals surface area (Å²) in [7, 11) is 0. The van der Waals surface area contributed by atoms with Crippen molar-refractivity contribution >= 4 is 56.6 Å². The summed E-state index contributed by atoms with van der Waals surface area (Å²) in [6.45, 7) is 12.0. The Bertz CT molecular complexity index is 1210. The third-order valence-electron chi connectivity index (χ3n) is 6.42. The standard InChI is InChI=1S/C27H35Cl2N5O2S/c1-27(2,3)34(18-19-5-6-20(28)21(29)17-19)12-4-11-30-24(35)9-10-25-31-22-7-8-23(32-26(22)37-25)33-13-15-36-16-14-33/h5-8,17H,4,9-16,18H2,1-3H3,(H,30,35). The van der Waals surface area contributed by atoms with E-state index < -0.39 is 0 Å². The van der Waals surface area contributed by atoms with E-state index in [1.54, 1.807) is 11.3 Å². The zero-order valence-corrected chi connectivity index (χ0v) is 24.1. The molecule has 0 radical (unpaired) electrons. The van der Waals surface area contributed by atoms with E-state index in [1.165, 1.54) is 0 Å². The van der Waals surface area contributed by atoms with Gasteiger partial charge in [0.2, 0.25) is 5.91 Å². The fraction of sp³-hybridized carbons (Fsp3) is 0.519. The van der Waals surface area contributed by atoms with Crippen LogP contribution >= 0.6 is 34.5 Å². The van der Waals surface area contributed by atoms with Crippen molar-refractivity contribution < 1.29 is 9.53 Å². The summed E-state index contributed by atoms with van der Waals surface area (Å²) in [6.07, 6.45) is 1.90. The highest BCUT2D eigenvalue weighted by Gasteiger charge is 2.21. The number of ether oxygens (including phenoxy) is 1. The summed E-state index contributed by atoms with van der Waals surface area (Å²) in [5, 5.41) is 5.14. The number of nitrogens with one attached hydrogen (secondary N) is 1. The van der Waals surface area contributed by atoms with Crippen LogP contribution in [0.1, 0.15) is 44.2 Å². The summed E-state index contributed by atoms with van der Waals surface area (Å²) in [6, 6.07) is 9.81. The van der Waals surface area contributed by atoms with Gasteiger partial charge in [0.15, 0.2) is 0 Å². The fourth-order valence-electron chi connectivity index (χ4n) is 4.24. The number of carbonyl (C=O) groups is 1. The molecular formula is C27H35Cl2N5O2S. The van der Waals surface area contributed by atoms with Crippen LogP contribution in [0, 0.1) is 0 Å². The van der Waals surface area contributed by atoms with Crippen molar-refractivity contribution in [3.05, 3.63) is 50.9 Å². The quantitative estimate of drug-likeness (QED) is 0.325. The first-order valence-electron chi connectivity index (χ1n) is 12.7. The van der Waals surface area contributed by atoms with Crippen LogP contribution in [-0.4, -0.2) is 65.7 Å². The molecule has 0 spiro atoms. The van der Waals surface area contributed by atoms with Gasteiger partial charge in [-0.3, -0.25) is 9.69 Å². The molecule has 1 fully saturated rings. The van der Waals surface area contributed by atoms with Crippen molar-refractivity contribution in [1.82, 2.24) is 20.2 Å². The third kappa shape index (κ3) is 8.01. The van der Waals surface area contributed by atoms with E-state index in [4.69, 9.17) is 32.9 Å². The molecule has 0 aliphatic carbocycles. The Kier molecular flexibility index (Phi) is 9.64. The first-order chi connectivity index (χ1) is 17.7. The molecule has 7 nitrogen and oxygen atoms in total. The molecule has 3 aromatic rings. The molecule has 0 atom stereocenters. The highest BCUT2D eigenvalue weighted by Crippen LogP contribution is 2.26. The van der Waals surface area contributed by atoms with Crippen LogP contribution in [0.25, 0.3) is 10.3 Å². The monoisotopic (exact) mass is 563 g/mol. The number of benzene rings is 1. The molecule has 0 bridgehead atoms. The maximum atomic E-state index is 12.5. The maximum absolute atomic E-state index is 12.5. The second-order valence-electron chi connectivity index (χ2n) is 10.2. The SMILES string of the molecule is CC(C)(C)N(CCCNC(=O)CCc1nc2ccc(N3CCOCC3)nc2s1)Cc1ccc(Cl)c(Cl)c1. The van der Waals surface area contributed by atoms with Gasteiger partial charge in [-0.2, -0.15) is 0 Å². The average Bonchev–Trinajstić information content (AvgIpc) is 3.29. The molecule has 37 heavy (non-hydrogen) atoms. The fourth-order valence-corrected chi connectivity index (χ4v) is 5.49. The van der Waals surface area contributed by atoms with Crippen molar-refractivity contribution in [2.45, 2.75) is 52.1 Å². The summed E-state index contributed by atoms with van der Waals surface area (Å²) >= 11 is 13.8. The lowest BCUT2D eigenvalue weighted by Crippen LogP contribution is -2.42. The van der Waals surface area contributed by atoms with E-state index in [0.717, 1.165) is 72.5 Å². The van der Waals surface area contributed by atoms with Gasteiger partial charge in [0.05, 0.1) is 28.3 Å². The van der Waals surface area contributed by atoms with Gasteiger partial charge >= 0.3 is 0 Å². The Morgan fingerprint density at radius 3 is 2.65 bits per heavy atom. The lowest BCUT2D eigenvalue weighted by molar-refractivity contribution is -0.121. The van der Waals surface area contributed by atoms with Gasteiger partial charge in [-0.05, 0) is 57.0 Å². The van der Waals surface area contributed by atoms with E-state index >= 15 is 0 Å². The van der Waals surface area contributed by atoms with Gasteiger partial charge in [-0.15, -0.1) is 0 Å². The van der Waals surface area contributed by atoms with E-state index in [0.29, 0.717) is 29.4 Å². The summed E-state index contributed by atoms with van der Waals surface area (Å²) in [5.74, 6) is 1.01. The molecule has 2 aromatic heterocycles. The molecular weight excluding hydrogens is 529 g/mol. The Balaban J connectivity index is 1.22. The normalized spacial score (nSPS) is 14.5. The number of nitrogens with zero attached hydrogens (tertiary/aromatic N) is 4. The third-order valence-corrected chi connectivity index (χ3v) is 8.18. The molecule has 4 rings (SSSR count). The molecule has 1 saturated heterocycles. The van der Waals surface area contributed by atoms with Crippen LogP contribution in [0.2, 0.25) is 10.0 Å². The lowest BCUT2D eigenvalue weighted by Gasteiger charge is -2.36. The van der Waals surface area contributed by atoms with E-state index in [2.05, 4.69) is 40.9 Å². The molecule has 0 saturated carbocycles. The van der Waals surface area contributed by atoms with Gasteiger partial charge in [-0.1, -0.05) is 40.6 Å². The number of hydrogen-bond acceptors (Lipinski definition) is 7. The largest absolute Gasteiger partial charge is 0.378 e. The predicted molar refractivity (Wildman–Crippen MR) is 153 cm³/mol. The molecule has 10 heteroatoms. The topological polar surface area (TPSA) is 70.6 Å². The number of carbonyl (C=O) groups excluding carboxylic acids is 1. The van der Waals surface area contributed by atoms with Crippen LogP contribution in [0.15, 0.2) is 30.3 Å². The second-order valence-corrected chi connectivity index (χ2v) is 12.1. The van der Waals surface area contributed by atoms with Gasteiger partial charge in [0.1, 0.15) is 16.2 Å². The van der Waals surface area contributed by atoms with E-state index in [9.17, 15) is 4.79 Å². The number of aryl methyl sites for hydroxylation is 1. The molecule has 1 aliphatic rings. The predicted octanol–water partition coefficient (Wildman–Crippen LogP) is 5.57. The van der Waals surface area contributed by atoms with Crippen molar-refractivity contribution in [3.8, 4) is 0 Å².